The fourth-order valence-corrected chi connectivity index (χ4v) is 1.34. The van der Waals surface area contributed by atoms with Gasteiger partial charge in [0.15, 0.2) is 0 Å². The van der Waals surface area contributed by atoms with Gasteiger partial charge in [0.25, 0.3) is 0 Å². The topological polar surface area (TPSA) is 76.7 Å². The number of aromatic amines is 1. The summed E-state index contributed by atoms with van der Waals surface area (Å²) in [6.07, 6.45) is 1.35. The first-order valence-electron chi connectivity index (χ1n) is 3.86. The van der Waals surface area contributed by atoms with Crippen molar-refractivity contribution in [3.8, 4) is 5.69 Å². The van der Waals surface area contributed by atoms with Gasteiger partial charge in [-0.1, -0.05) is 11.6 Å². The van der Waals surface area contributed by atoms with E-state index in [1.54, 1.807) is 18.2 Å². The van der Waals surface area contributed by atoms with E-state index in [9.17, 15) is 4.79 Å². The Balaban J connectivity index is 2.68. The normalized spacial score (nSPS) is 10.4. The SMILES string of the molecule is Nc1ccc(Cl)c(-n2cn[nH]c2=O)c1. The molecule has 2 rings (SSSR count). The zero-order valence-corrected chi connectivity index (χ0v) is 7.82. The number of hydrogen-bond acceptors (Lipinski definition) is 3. The van der Waals surface area contributed by atoms with E-state index in [4.69, 9.17) is 17.3 Å². The van der Waals surface area contributed by atoms with E-state index in [0.717, 1.165) is 0 Å². The maximum atomic E-state index is 11.2. The van der Waals surface area contributed by atoms with Crippen LogP contribution >= 0.6 is 11.6 Å². The summed E-state index contributed by atoms with van der Waals surface area (Å²) in [5.74, 6) is 0. The largest absolute Gasteiger partial charge is 0.399 e. The number of nitrogen functional groups attached to an aromatic ring is 1. The van der Waals surface area contributed by atoms with Gasteiger partial charge in [-0.05, 0) is 18.2 Å². The average Bonchev–Trinajstić information content (AvgIpc) is 2.56. The zero-order chi connectivity index (χ0) is 10.1. The van der Waals surface area contributed by atoms with Gasteiger partial charge in [0.05, 0.1) is 10.7 Å². The van der Waals surface area contributed by atoms with Crippen molar-refractivity contribution in [3.05, 3.63) is 40.0 Å². The Morgan fingerprint density at radius 2 is 2.29 bits per heavy atom. The lowest BCUT2D eigenvalue weighted by molar-refractivity contribution is 0.983. The quantitative estimate of drug-likeness (QED) is 0.684. The lowest BCUT2D eigenvalue weighted by Gasteiger charge is -2.03. The summed E-state index contributed by atoms with van der Waals surface area (Å²) in [5.41, 5.74) is 6.29. The Morgan fingerprint density at radius 1 is 1.50 bits per heavy atom. The van der Waals surface area contributed by atoms with Crippen molar-refractivity contribution >= 4 is 17.3 Å². The van der Waals surface area contributed by atoms with E-state index in [1.807, 2.05) is 0 Å². The van der Waals surface area contributed by atoms with Crippen LogP contribution in [0.3, 0.4) is 0 Å². The third-order valence-electron chi connectivity index (χ3n) is 1.78. The van der Waals surface area contributed by atoms with Crippen molar-refractivity contribution < 1.29 is 0 Å². The Hall–Kier alpha value is -1.75. The molecule has 0 atom stereocenters. The number of rotatable bonds is 1. The summed E-state index contributed by atoms with van der Waals surface area (Å²) in [4.78, 5) is 11.2. The van der Waals surface area contributed by atoms with Gasteiger partial charge in [0, 0.05) is 5.69 Å². The predicted octanol–water partition coefficient (Wildman–Crippen LogP) is 0.796. The third kappa shape index (κ3) is 1.38. The Bertz CT molecular complexity index is 516. The van der Waals surface area contributed by atoms with Crippen LogP contribution in [0.1, 0.15) is 0 Å². The van der Waals surface area contributed by atoms with Crippen LogP contribution in [0.25, 0.3) is 5.69 Å². The van der Waals surface area contributed by atoms with Gasteiger partial charge in [-0.2, -0.15) is 5.10 Å². The van der Waals surface area contributed by atoms with Crippen LogP contribution in [0.5, 0.6) is 0 Å². The van der Waals surface area contributed by atoms with Crippen molar-refractivity contribution in [2.45, 2.75) is 0 Å². The summed E-state index contributed by atoms with van der Waals surface area (Å²) in [5, 5.41) is 6.31. The van der Waals surface area contributed by atoms with Crippen LogP contribution < -0.4 is 11.4 Å². The number of nitrogens with two attached hydrogens (primary N) is 1. The molecular formula is C8H7ClN4O. The molecule has 0 aliphatic heterocycles. The molecule has 6 heteroatoms. The second-order valence-corrected chi connectivity index (χ2v) is 3.15. The number of hydrogen-bond donors (Lipinski definition) is 2. The van der Waals surface area contributed by atoms with Crippen LogP contribution in [0, 0.1) is 0 Å². The fraction of sp³-hybridized carbons (Fsp3) is 0. The molecule has 0 spiro atoms. The molecule has 0 saturated heterocycles. The summed E-state index contributed by atoms with van der Waals surface area (Å²) >= 11 is 5.90. The molecule has 0 radical (unpaired) electrons. The predicted molar refractivity (Wildman–Crippen MR) is 53.6 cm³/mol. The highest BCUT2D eigenvalue weighted by Crippen LogP contribution is 2.21. The molecule has 72 valence electrons. The molecule has 1 aromatic carbocycles. The molecule has 0 aliphatic rings. The first-order valence-corrected chi connectivity index (χ1v) is 4.23. The minimum Gasteiger partial charge on any atom is -0.399 e. The highest BCUT2D eigenvalue weighted by atomic mass is 35.5. The Labute approximate surface area is 84.1 Å². The van der Waals surface area contributed by atoms with Crippen molar-refractivity contribution in [1.29, 1.82) is 0 Å². The first-order chi connectivity index (χ1) is 6.68. The smallest absolute Gasteiger partial charge is 0.347 e. The van der Waals surface area contributed by atoms with Crippen molar-refractivity contribution in [2.24, 2.45) is 0 Å². The highest BCUT2D eigenvalue weighted by Gasteiger charge is 2.05. The standard InChI is InChI=1S/C8H7ClN4O/c9-6-2-1-5(10)3-7(6)13-4-11-12-8(13)14/h1-4H,10H2,(H,12,14). The molecule has 0 saturated carbocycles. The summed E-state index contributed by atoms with van der Waals surface area (Å²) in [6.45, 7) is 0. The molecule has 0 unspecified atom stereocenters. The van der Waals surface area contributed by atoms with Crippen LogP contribution in [0.4, 0.5) is 5.69 Å². The van der Waals surface area contributed by atoms with E-state index < -0.39 is 0 Å². The van der Waals surface area contributed by atoms with Gasteiger partial charge >= 0.3 is 5.69 Å². The number of H-pyrrole nitrogens is 1. The third-order valence-corrected chi connectivity index (χ3v) is 2.10. The first kappa shape index (κ1) is 8.83. The van der Waals surface area contributed by atoms with E-state index in [0.29, 0.717) is 16.4 Å². The average molecular weight is 211 g/mol. The molecule has 14 heavy (non-hydrogen) atoms. The maximum Gasteiger partial charge on any atom is 0.347 e. The van der Waals surface area contributed by atoms with E-state index in [1.165, 1.54) is 10.9 Å². The number of nitrogens with zero attached hydrogens (tertiary/aromatic N) is 2. The molecule has 0 fully saturated rings. The van der Waals surface area contributed by atoms with E-state index in [2.05, 4.69) is 10.2 Å². The van der Waals surface area contributed by atoms with Gasteiger partial charge in [-0.3, -0.25) is 0 Å². The Kier molecular flexibility index (Phi) is 2.01. The highest BCUT2D eigenvalue weighted by molar-refractivity contribution is 6.32. The minimum atomic E-state index is -0.350. The number of anilines is 1. The van der Waals surface area contributed by atoms with Crippen molar-refractivity contribution in [3.63, 3.8) is 0 Å². The molecule has 3 N–H and O–H groups in total. The van der Waals surface area contributed by atoms with Crippen molar-refractivity contribution in [2.75, 3.05) is 5.73 Å². The summed E-state index contributed by atoms with van der Waals surface area (Å²) in [6, 6.07) is 4.90. The molecule has 2 aromatic rings. The van der Waals surface area contributed by atoms with Crippen LogP contribution in [-0.2, 0) is 0 Å². The van der Waals surface area contributed by atoms with E-state index in [-0.39, 0.29) is 5.69 Å². The second-order valence-electron chi connectivity index (χ2n) is 2.74. The molecule has 1 aromatic heterocycles. The minimum absolute atomic E-state index is 0.350. The fourth-order valence-electron chi connectivity index (χ4n) is 1.13. The maximum absolute atomic E-state index is 11.2. The van der Waals surface area contributed by atoms with Crippen LogP contribution in [0.2, 0.25) is 5.02 Å². The second kappa shape index (κ2) is 3.19. The number of benzene rings is 1. The molecular weight excluding hydrogens is 204 g/mol. The summed E-state index contributed by atoms with van der Waals surface area (Å²) < 4.78 is 1.29. The van der Waals surface area contributed by atoms with Gasteiger partial charge < -0.3 is 5.73 Å². The van der Waals surface area contributed by atoms with Gasteiger partial charge in [0.2, 0.25) is 0 Å². The molecule has 0 amide bonds. The molecule has 0 aliphatic carbocycles. The molecule has 5 nitrogen and oxygen atoms in total. The van der Waals surface area contributed by atoms with Gasteiger partial charge in [0.1, 0.15) is 6.33 Å². The number of aromatic nitrogens is 3. The van der Waals surface area contributed by atoms with Crippen LogP contribution in [-0.4, -0.2) is 14.8 Å². The van der Waals surface area contributed by atoms with Gasteiger partial charge in [-0.25, -0.2) is 14.5 Å². The van der Waals surface area contributed by atoms with Gasteiger partial charge in [-0.15, -0.1) is 0 Å². The molecule has 0 bridgehead atoms. The lowest BCUT2D eigenvalue weighted by Crippen LogP contribution is -2.14. The monoisotopic (exact) mass is 210 g/mol. The number of halogens is 1. The zero-order valence-electron chi connectivity index (χ0n) is 7.07. The van der Waals surface area contributed by atoms with E-state index >= 15 is 0 Å². The Morgan fingerprint density at radius 3 is 2.93 bits per heavy atom. The number of nitrogens with one attached hydrogen (secondary N) is 1. The van der Waals surface area contributed by atoms with Crippen molar-refractivity contribution in [1.82, 2.24) is 14.8 Å². The summed E-state index contributed by atoms with van der Waals surface area (Å²) in [7, 11) is 0. The molecule has 1 heterocycles. The lowest BCUT2D eigenvalue weighted by atomic mass is 10.3. The van der Waals surface area contributed by atoms with Crippen LogP contribution in [0.15, 0.2) is 29.3 Å².